The van der Waals surface area contributed by atoms with E-state index in [0.29, 0.717) is 10.8 Å². The zero-order valence-electron chi connectivity index (χ0n) is 6.60. The molecule has 1 aromatic heterocycles. The van der Waals surface area contributed by atoms with E-state index in [1.807, 2.05) is 0 Å². The fraction of sp³-hybridized carbons (Fsp3) is 0.286. The molecule has 0 aliphatic carbocycles. The molecule has 0 aliphatic rings. The van der Waals surface area contributed by atoms with E-state index in [1.165, 1.54) is 20.3 Å². The summed E-state index contributed by atoms with van der Waals surface area (Å²) in [7, 11) is 2.96. The summed E-state index contributed by atoms with van der Waals surface area (Å²) < 4.78 is 9.84. The van der Waals surface area contributed by atoms with Crippen LogP contribution in [0.25, 0.3) is 0 Å². The molecule has 0 fully saturated rings. The molecule has 0 radical (unpaired) electrons. The molecule has 0 bridgehead atoms. The standard InChI is InChI=1S/C7H7Cl2NO2/c1-11-6-4(8)3-5(9)10-7(6)12-2/h3H,1-2H3. The second-order valence-corrected chi connectivity index (χ2v) is 2.76. The molecular formula is C7H7Cl2NO2. The minimum atomic E-state index is 0.276. The minimum Gasteiger partial charge on any atom is -0.490 e. The van der Waals surface area contributed by atoms with Crippen LogP contribution in [-0.2, 0) is 0 Å². The number of aromatic nitrogens is 1. The maximum absolute atomic E-state index is 5.78. The van der Waals surface area contributed by atoms with Crippen molar-refractivity contribution in [1.82, 2.24) is 4.98 Å². The number of halogens is 2. The van der Waals surface area contributed by atoms with Gasteiger partial charge in [0.1, 0.15) is 5.15 Å². The molecular weight excluding hydrogens is 201 g/mol. The Labute approximate surface area is 80.2 Å². The summed E-state index contributed by atoms with van der Waals surface area (Å²) in [6.45, 7) is 0. The van der Waals surface area contributed by atoms with Crippen LogP contribution in [0.1, 0.15) is 0 Å². The van der Waals surface area contributed by atoms with Gasteiger partial charge in [0.05, 0.1) is 19.2 Å². The molecule has 0 saturated heterocycles. The van der Waals surface area contributed by atoms with E-state index in [9.17, 15) is 0 Å². The summed E-state index contributed by atoms with van der Waals surface area (Å²) >= 11 is 11.4. The van der Waals surface area contributed by atoms with E-state index in [0.717, 1.165) is 0 Å². The van der Waals surface area contributed by atoms with Gasteiger partial charge in [-0.25, -0.2) is 0 Å². The lowest BCUT2D eigenvalue weighted by atomic mass is 10.4. The van der Waals surface area contributed by atoms with Crippen molar-refractivity contribution in [3.8, 4) is 11.6 Å². The Morgan fingerprint density at radius 3 is 2.42 bits per heavy atom. The first-order valence-corrected chi connectivity index (χ1v) is 3.88. The summed E-state index contributed by atoms with van der Waals surface area (Å²) in [4.78, 5) is 3.86. The molecule has 1 heterocycles. The highest BCUT2D eigenvalue weighted by Crippen LogP contribution is 2.34. The summed E-state index contributed by atoms with van der Waals surface area (Å²) in [5.41, 5.74) is 0. The van der Waals surface area contributed by atoms with E-state index in [4.69, 9.17) is 32.7 Å². The average molecular weight is 208 g/mol. The number of hydrogen-bond donors (Lipinski definition) is 0. The van der Waals surface area contributed by atoms with E-state index in [-0.39, 0.29) is 11.0 Å². The second-order valence-electron chi connectivity index (χ2n) is 1.97. The van der Waals surface area contributed by atoms with Crippen LogP contribution in [-0.4, -0.2) is 19.2 Å². The number of methoxy groups -OCH3 is 2. The average Bonchev–Trinajstić information content (AvgIpc) is 2.03. The lowest BCUT2D eigenvalue weighted by Crippen LogP contribution is -1.94. The maximum atomic E-state index is 5.78. The quantitative estimate of drug-likeness (QED) is 0.699. The topological polar surface area (TPSA) is 31.4 Å². The number of pyridine rings is 1. The van der Waals surface area contributed by atoms with Crippen LogP contribution in [0.4, 0.5) is 0 Å². The molecule has 0 aliphatic heterocycles. The lowest BCUT2D eigenvalue weighted by Gasteiger charge is -2.07. The van der Waals surface area contributed by atoms with Gasteiger partial charge >= 0.3 is 0 Å². The number of ether oxygens (including phenoxy) is 2. The zero-order valence-corrected chi connectivity index (χ0v) is 8.11. The first kappa shape index (κ1) is 9.42. The molecule has 0 saturated carbocycles. The van der Waals surface area contributed by atoms with Gasteiger partial charge in [-0.1, -0.05) is 23.2 Å². The highest BCUT2D eigenvalue weighted by atomic mass is 35.5. The molecule has 66 valence electrons. The predicted molar refractivity (Wildman–Crippen MR) is 47.4 cm³/mol. The van der Waals surface area contributed by atoms with Gasteiger partial charge in [0.25, 0.3) is 5.88 Å². The van der Waals surface area contributed by atoms with Crippen LogP contribution in [0, 0.1) is 0 Å². The Hall–Kier alpha value is -0.670. The summed E-state index contributed by atoms with van der Waals surface area (Å²) in [5, 5.41) is 0.659. The number of nitrogens with zero attached hydrogens (tertiary/aromatic N) is 1. The van der Waals surface area contributed by atoms with Gasteiger partial charge in [-0.3, -0.25) is 0 Å². The van der Waals surface area contributed by atoms with Gasteiger partial charge in [0.2, 0.25) is 0 Å². The van der Waals surface area contributed by atoms with Crippen LogP contribution in [0.2, 0.25) is 10.2 Å². The first-order valence-electron chi connectivity index (χ1n) is 3.13. The smallest absolute Gasteiger partial charge is 0.259 e. The fourth-order valence-electron chi connectivity index (χ4n) is 0.775. The Balaban J connectivity index is 3.24. The van der Waals surface area contributed by atoms with E-state index < -0.39 is 0 Å². The van der Waals surface area contributed by atoms with Gasteiger partial charge in [-0.15, -0.1) is 0 Å². The number of rotatable bonds is 2. The van der Waals surface area contributed by atoms with Crippen molar-refractivity contribution in [2.75, 3.05) is 14.2 Å². The van der Waals surface area contributed by atoms with Crippen molar-refractivity contribution in [1.29, 1.82) is 0 Å². The molecule has 0 spiro atoms. The third kappa shape index (κ3) is 1.73. The zero-order chi connectivity index (χ0) is 9.14. The molecule has 3 nitrogen and oxygen atoms in total. The van der Waals surface area contributed by atoms with E-state index in [2.05, 4.69) is 4.98 Å². The van der Waals surface area contributed by atoms with Crippen molar-refractivity contribution in [2.24, 2.45) is 0 Å². The van der Waals surface area contributed by atoms with Crippen molar-refractivity contribution in [3.63, 3.8) is 0 Å². The van der Waals surface area contributed by atoms with Gasteiger partial charge in [0, 0.05) is 0 Å². The Morgan fingerprint density at radius 2 is 1.92 bits per heavy atom. The van der Waals surface area contributed by atoms with Crippen molar-refractivity contribution >= 4 is 23.2 Å². The molecule has 0 unspecified atom stereocenters. The highest BCUT2D eigenvalue weighted by molar-refractivity contribution is 6.35. The Morgan fingerprint density at radius 1 is 1.25 bits per heavy atom. The fourth-order valence-corrected chi connectivity index (χ4v) is 1.28. The van der Waals surface area contributed by atoms with Crippen LogP contribution in [0.15, 0.2) is 6.07 Å². The van der Waals surface area contributed by atoms with Crippen LogP contribution in [0.3, 0.4) is 0 Å². The molecule has 0 amide bonds. The van der Waals surface area contributed by atoms with Gasteiger partial charge < -0.3 is 9.47 Å². The molecule has 1 rings (SSSR count). The molecule has 0 atom stereocenters. The molecule has 0 N–H and O–H groups in total. The van der Waals surface area contributed by atoms with E-state index >= 15 is 0 Å². The van der Waals surface area contributed by atoms with Crippen molar-refractivity contribution in [2.45, 2.75) is 0 Å². The summed E-state index contributed by atoms with van der Waals surface area (Å²) in [5.74, 6) is 0.679. The van der Waals surface area contributed by atoms with Crippen LogP contribution in [0.5, 0.6) is 11.6 Å². The Bertz CT molecular complexity index is 291. The maximum Gasteiger partial charge on any atom is 0.259 e. The molecule has 12 heavy (non-hydrogen) atoms. The normalized spacial score (nSPS) is 9.67. The third-order valence-corrected chi connectivity index (χ3v) is 1.74. The SMILES string of the molecule is COc1nc(Cl)cc(Cl)c1OC. The van der Waals surface area contributed by atoms with Crippen molar-refractivity contribution in [3.05, 3.63) is 16.2 Å². The lowest BCUT2D eigenvalue weighted by molar-refractivity contribution is 0.343. The Kier molecular flexibility index (Phi) is 3.00. The largest absolute Gasteiger partial charge is 0.490 e. The van der Waals surface area contributed by atoms with Crippen molar-refractivity contribution < 1.29 is 9.47 Å². The summed E-state index contributed by atoms with van der Waals surface area (Å²) in [6, 6.07) is 1.49. The third-order valence-electron chi connectivity index (χ3n) is 1.26. The van der Waals surface area contributed by atoms with Crippen LogP contribution < -0.4 is 9.47 Å². The monoisotopic (exact) mass is 207 g/mol. The van der Waals surface area contributed by atoms with Gasteiger partial charge in [0.15, 0.2) is 5.75 Å². The molecule has 1 aromatic rings. The molecule has 0 aromatic carbocycles. The second kappa shape index (κ2) is 3.83. The predicted octanol–water partition coefficient (Wildman–Crippen LogP) is 2.41. The summed E-state index contributed by atoms with van der Waals surface area (Å²) in [6.07, 6.45) is 0. The highest BCUT2D eigenvalue weighted by Gasteiger charge is 2.10. The van der Waals surface area contributed by atoms with Gasteiger partial charge in [-0.2, -0.15) is 4.98 Å². The number of hydrogen-bond acceptors (Lipinski definition) is 3. The molecule has 5 heteroatoms. The van der Waals surface area contributed by atoms with Gasteiger partial charge in [-0.05, 0) is 6.07 Å². The van der Waals surface area contributed by atoms with E-state index in [1.54, 1.807) is 0 Å². The van der Waals surface area contributed by atoms with Crippen LogP contribution >= 0.6 is 23.2 Å². The minimum absolute atomic E-state index is 0.276. The first-order chi connectivity index (χ1) is 5.69.